The van der Waals surface area contributed by atoms with E-state index in [2.05, 4.69) is 10.3 Å². The van der Waals surface area contributed by atoms with E-state index >= 15 is 0 Å². The molecule has 1 aromatic heterocycles. The Morgan fingerprint density at radius 2 is 1.69 bits per heavy atom. The van der Waals surface area contributed by atoms with E-state index in [1.807, 2.05) is 13.0 Å². The van der Waals surface area contributed by atoms with Crippen LogP contribution in [0.15, 0.2) is 72.8 Å². The van der Waals surface area contributed by atoms with Crippen LogP contribution in [-0.4, -0.2) is 18.0 Å². The highest BCUT2D eigenvalue weighted by Crippen LogP contribution is 2.32. The van der Waals surface area contributed by atoms with Gasteiger partial charge in [0.15, 0.2) is 0 Å². The number of amides is 1. The molecule has 0 aliphatic heterocycles. The molecule has 4 aromatic rings. The quantitative estimate of drug-likeness (QED) is 0.398. The van der Waals surface area contributed by atoms with Gasteiger partial charge in [0.1, 0.15) is 5.75 Å². The van der Waals surface area contributed by atoms with Gasteiger partial charge in [-0.1, -0.05) is 30.3 Å². The number of para-hydroxylation sites is 1. The van der Waals surface area contributed by atoms with E-state index in [1.165, 1.54) is 12.1 Å². The molecule has 0 atom stereocenters. The van der Waals surface area contributed by atoms with Gasteiger partial charge in [0, 0.05) is 16.6 Å². The van der Waals surface area contributed by atoms with Crippen molar-refractivity contribution in [2.75, 3.05) is 12.4 Å². The van der Waals surface area contributed by atoms with Gasteiger partial charge in [0.25, 0.3) is 5.91 Å². The molecular weight excluding hydrogens is 417 g/mol. The molecule has 7 heteroatoms. The number of halogens is 3. The van der Waals surface area contributed by atoms with Crippen LogP contribution in [0.25, 0.3) is 22.2 Å². The smallest absolute Gasteiger partial charge is 0.416 e. The zero-order valence-electron chi connectivity index (χ0n) is 17.3. The number of benzene rings is 3. The fraction of sp³-hybridized carbons (Fsp3) is 0.120. The number of nitrogens with zero attached hydrogens (tertiary/aromatic N) is 1. The summed E-state index contributed by atoms with van der Waals surface area (Å²) < 4.78 is 43.9. The second-order valence-electron chi connectivity index (χ2n) is 7.28. The third kappa shape index (κ3) is 4.27. The molecule has 0 aliphatic carbocycles. The van der Waals surface area contributed by atoms with Gasteiger partial charge >= 0.3 is 6.18 Å². The molecule has 0 fully saturated rings. The zero-order chi connectivity index (χ0) is 22.9. The molecule has 4 rings (SSSR count). The third-order valence-corrected chi connectivity index (χ3v) is 5.15. The standard InChI is InChI=1S/C25H19F3N2O2/c1-15-13-18(32-2)11-12-21(15)30-24(31)20-14-23(29-22-6-4-3-5-19(20)22)16-7-9-17(10-8-16)25(26,27)28/h3-14H,1-2H3,(H,30,31). The first-order chi connectivity index (χ1) is 15.3. The summed E-state index contributed by atoms with van der Waals surface area (Å²) >= 11 is 0. The highest BCUT2D eigenvalue weighted by atomic mass is 19.4. The average molecular weight is 436 g/mol. The molecule has 3 aromatic carbocycles. The fourth-order valence-corrected chi connectivity index (χ4v) is 3.43. The number of ether oxygens (including phenoxy) is 1. The number of rotatable bonds is 4. The van der Waals surface area contributed by atoms with E-state index in [4.69, 9.17) is 4.74 Å². The van der Waals surface area contributed by atoms with E-state index < -0.39 is 11.7 Å². The Morgan fingerprint density at radius 1 is 0.969 bits per heavy atom. The maximum Gasteiger partial charge on any atom is 0.416 e. The molecule has 32 heavy (non-hydrogen) atoms. The molecule has 1 amide bonds. The first-order valence-electron chi connectivity index (χ1n) is 9.79. The second-order valence-corrected chi connectivity index (χ2v) is 7.28. The van der Waals surface area contributed by atoms with Crippen LogP contribution in [-0.2, 0) is 6.18 Å². The molecule has 1 N–H and O–H groups in total. The fourth-order valence-electron chi connectivity index (χ4n) is 3.43. The predicted octanol–water partition coefficient (Wildman–Crippen LogP) is 6.49. The first kappa shape index (κ1) is 21.4. The minimum Gasteiger partial charge on any atom is -0.497 e. The van der Waals surface area contributed by atoms with Crippen molar-refractivity contribution in [2.45, 2.75) is 13.1 Å². The van der Waals surface area contributed by atoms with Gasteiger partial charge in [-0.2, -0.15) is 13.2 Å². The Hall–Kier alpha value is -3.87. The normalized spacial score (nSPS) is 11.4. The van der Waals surface area contributed by atoms with Gasteiger partial charge in [-0.3, -0.25) is 4.79 Å². The lowest BCUT2D eigenvalue weighted by Gasteiger charge is -2.13. The summed E-state index contributed by atoms with van der Waals surface area (Å²) in [7, 11) is 1.57. The molecule has 0 unspecified atom stereocenters. The van der Waals surface area contributed by atoms with E-state index in [0.717, 1.165) is 17.7 Å². The summed E-state index contributed by atoms with van der Waals surface area (Å²) in [5.41, 5.74) is 2.57. The number of nitrogens with one attached hydrogen (secondary N) is 1. The van der Waals surface area contributed by atoms with Crippen LogP contribution in [0.2, 0.25) is 0 Å². The molecule has 0 spiro atoms. The number of aromatic nitrogens is 1. The van der Waals surface area contributed by atoms with Gasteiger partial charge in [0.05, 0.1) is 29.4 Å². The second kappa shape index (κ2) is 8.34. The van der Waals surface area contributed by atoms with Crippen LogP contribution in [0, 0.1) is 6.92 Å². The molecule has 0 aliphatic rings. The molecule has 4 nitrogen and oxygen atoms in total. The number of hydrogen-bond donors (Lipinski definition) is 1. The molecule has 1 heterocycles. The van der Waals surface area contributed by atoms with E-state index in [1.54, 1.807) is 49.6 Å². The summed E-state index contributed by atoms with van der Waals surface area (Å²) in [5.74, 6) is 0.337. The summed E-state index contributed by atoms with van der Waals surface area (Å²) in [5, 5.41) is 3.55. The third-order valence-electron chi connectivity index (χ3n) is 5.15. The van der Waals surface area contributed by atoms with Crippen molar-refractivity contribution in [3.05, 3.63) is 89.5 Å². The number of hydrogen-bond acceptors (Lipinski definition) is 3. The number of carbonyl (C=O) groups excluding carboxylic acids is 1. The molecule has 0 radical (unpaired) electrons. The molecule has 0 saturated carbocycles. The van der Waals surface area contributed by atoms with Gasteiger partial charge in [-0.15, -0.1) is 0 Å². The SMILES string of the molecule is COc1ccc(NC(=O)c2cc(-c3ccc(C(F)(F)F)cc3)nc3ccccc23)c(C)c1. The number of methoxy groups -OCH3 is 1. The Balaban J connectivity index is 1.75. The van der Waals surface area contributed by atoms with Gasteiger partial charge in [-0.25, -0.2) is 4.98 Å². The minimum absolute atomic E-state index is 0.343. The molecular formula is C25H19F3N2O2. The first-order valence-corrected chi connectivity index (χ1v) is 9.79. The van der Waals surface area contributed by atoms with Crippen molar-refractivity contribution in [3.8, 4) is 17.0 Å². The predicted molar refractivity (Wildman–Crippen MR) is 118 cm³/mol. The number of aryl methyl sites for hydroxylation is 1. The van der Waals surface area contributed by atoms with Crippen LogP contribution in [0.4, 0.5) is 18.9 Å². The Labute approximate surface area is 182 Å². The van der Waals surface area contributed by atoms with Crippen LogP contribution >= 0.6 is 0 Å². The van der Waals surface area contributed by atoms with Crippen molar-refractivity contribution in [3.63, 3.8) is 0 Å². The summed E-state index contributed by atoms with van der Waals surface area (Å²) in [6, 6.07) is 18.8. The van der Waals surface area contributed by atoms with Crippen LogP contribution in [0.1, 0.15) is 21.5 Å². The van der Waals surface area contributed by atoms with Crippen molar-refractivity contribution in [1.82, 2.24) is 4.98 Å². The molecule has 162 valence electrons. The van der Waals surface area contributed by atoms with Gasteiger partial charge < -0.3 is 10.1 Å². The van der Waals surface area contributed by atoms with E-state index in [0.29, 0.717) is 39.2 Å². The Kier molecular flexibility index (Phi) is 5.57. The summed E-state index contributed by atoms with van der Waals surface area (Å²) in [4.78, 5) is 17.7. The minimum atomic E-state index is -4.42. The highest BCUT2D eigenvalue weighted by Gasteiger charge is 2.30. The van der Waals surface area contributed by atoms with Gasteiger partial charge in [0.2, 0.25) is 0 Å². The monoisotopic (exact) mass is 436 g/mol. The number of carbonyl (C=O) groups is 1. The summed E-state index contributed by atoms with van der Waals surface area (Å²) in [6.45, 7) is 1.86. The summed E-state index contributed by atoms with van der Waals surface area (Å²) in [6.07, 6.45) is -4.42. The maximum atomic E-state index is 13.2. The number of pyridine rings is 1. The molecule has 0 saturated heterocycles. The van der Waals surface area contributed by atoms with Crippen LogP contribution < -0.4 is 10.1 Å². The number of fused-ring (bicyclic) bond motifs is 1. The average Bonchev–Trinajstić information content (AvgIpc) is 2.79. The Morgan fingerprint density at radius 3 is 2.34 bits per heavy atom. The van der Waals surface area contributed by atoms with Crippen LogP contribution in [0.5, 0.6) is 5.75 Å². The largest absolute Gasteiger partial charge is 0.497 e. The van der Waals surface area contributed by atoms with Gasteiger partial charge in [-0.05, 0) is 55.0 Å². The van der Waals surface area contributed by atoms with Crippen molar-refractivity contribution in [1.29, 1.82) is 0 Å². The lowest BCUT2D eigenvalue weighted by Crippen LogP contribution is -2.14. The topological polar surface area (TPSA) is 51.2 Å². The van der Waals surface area contributed by atoms with E-state index in [9.17, 15) is 18.0 Å². The van der Waals surface area contributed by atoms with Crippen molar-refractivity contribution >= 4 is 22.5 Å². The van der Waals surface area contributed by atoms with Crippen LogP contribution in [0.3, 0.4) is 0 Å². The lowest BCUT2D eigenvalue weighted by atomic mass is 10.0. The van der Waals surface area contributed by atoms with Crippen molar-refractivity contribution < 1.29 is 22.7 Å². The number of alkyl halides is 3. The highest BCUT2D eigenvalue weighted by molar-refractivity contribution is 6.13. The molecule has 0 bridgehead atoms. The Bertz CT molecular complexity index is 1300. The number of anilines is 1. The lowest BCUT2D eigenvalue weighted by molar-refractivity contribution is -0.137. The zero-order valence-corrected chi connectivity index (χ0v) is 17.3. The van der Waals surface area contributed by atoms with E-state index in [-0.39, 0.29) is 5.91 Å². The van der Waals surface area contributed by atoms with Crippen molar-refractivity contribution in [2.24, 2.45) is 0 Å². The maximum absolute atomic E-state index is 13.2.